The minimum Gasteiger partial charge on any atom is -0.309 e. The first kappa shape index (κ1) is 35.2. The maximum Gasteiger partial charge on any atom is 0.0547 e. The van der Waals surface area contributed by atoms with E-state index in [1.807, 2.05) is 0 Å². The zero-order chi connectivity index (χ0) is 39.9. The quantitative estimate of drug-likeness (QED) is 0.163. The molecule has 1 nitrogen and oxygen atoms in total. The van der Waals surface area contributed by atoms with Crippen molar-refractivity contribution in [1.82, 2.24) is 0 Å². The maximum absolute atomic E-state index is 2.56. The van der Waals surface area contributed by atoms with Crippen LogP contribution in [0.25, 0.3) is 66.4 Å². The van der Waals surface area contributed by atoms with Gasteiger partial charge in [-0.2, -0.15) is 0 Å². The lowest BCUT2D eigenvalue weighted by Gasteiger charge is -2.33. The summed E-state index contributed by atoms with van der Waals surface area (Å²) in [4.78, 5) is 2.56. The predicted molar refractivity (Wildman–Crippen MR) is 250 cm³/mol. The molecule has 0 bridgehead atoms. The Labute approximate surface area is 347 Å². The third-order valence-corrected chi connectivity index (χ3v) is 13.3. The average molecular weight is 756 g/mol. The SMILES string of the molecule is CC1(C)c2ccccc2-c2ccc(-c3ccccc3N(c3ccccc3-c3cccc4c3C(C)(C)c3ccccc3-4)c3ccc4ccccc4c3-c3ccccc3)cc21. The van der Waals surface area contributed by atoms with Gasteiger partial charge in [-0.3, -0.25) is 0 Å². The number of para-hydroxylation sites is 2. The van der Waals surface area contributed by atoms with Crippen LogP contribution in [0.3, 0.4) is 0 Å². The standard InChI is InChI=1S/C58H45N/c1-57(2)49-29-14-10-24-43(49)45-35-33-40(37-51(45)57)41-22-12-16-31-52(41)59(54-36-34-38-19-8-9-23-42(38)55(54)39-20-6-5-7-21-39)53-32-17-13-26-46(53)48-28-18-27-47-44-25-11-15-30-50(44)58(3,4)56(47)48/h5-37H,1-4H3. The fraction of sp³-hybridized carbons (Fsp3) is 0.103. The molecule has 0 saturated carbocycles. The van der Waals surface area contributed by atoms with Crippen molar-refractivity contribution in [3.8, 4) is 55.6 Å². The summed E-state index contributed by atoms with van der Waals surface area (Å²) >= 11 is 0. The lowest BCUT2D eigenvalue weighted by Crippen LogP contribution is -2.17. The van der Waals surface area contributed by atoms with Crippen LogP contribution in [0.15, 0.2) is 200 Å². The smallest absolute Gasteiger partial charge is 0.0547 e. The van der Waals surface area contributed by atoms with Gasteiger partial charge in [0.15, 0.2) is 0 Å². The summed E-state index contributed by atoms with van der Waals surface area (Å²) in [6.07, 6.45) is 0. The molecule has 59 heavy (non-hydrogen) atoms. The number of rotatable bonds is 6. The first-order valence-corrected chi connectivity index (χ1v) is 20.9. The summed E-state index contributed by atoms with van der Waals surface area (Å²) in [5.41, 5.74) is 21.2. The average Bonchev–Trinajstić information content (AvgIpc) is 3.66. The van der Waals surface area contributed by atoms with E-state index >= 15 is 0 Å². The van der Waals surface area contributed by atoms with E-state index in [0.717, 1.165) is 17.1 Å². The molecule has 11 rings (SSSR count). The van der Waals surface area contributed by atoms with E-state index in [2.05, 4.69) is 233 Å². The number of anilines is 3. The molecule has 9 aromatic rings. The molecule has 0 heterocycles. The third-order valence-electron chi connectivity index (χ3n) is 13.3. The molecular weight excluding hydrogens is 711 g/mol. The van der Waals surface area contributed by atoms with Crippen molar-refractivity contribution in [1.29, 1.82) is 0 Å². The van der Waals surface area contributed by atoms with Crippen molar-refractivity contribution in [2.45, 2.75) is 38.5 Å². The number of nitrogens with zero attached hydrogens (tertiary/aromatic N) is 1. The molecule has 9 aromatic carbocycles. The second-order valence-corrected chi connectivity index (χ2v) is 17.2. The van der Waals surface area contributed by atoms with Gasteiger partial charge in [0.05, 0.1) is 17.1 Å². The van der Waals surface area contributed by atoms with Crippen molar-refractivity contribution in [3.63, 3.8) is 0 Å². The molecule has 0 amide bonds. The summed E-state index contributed by atoms with van der Waals surface area (Å²) in [6, 6.07) is 74.4. The zero-order valence-corrected chi connectivity index (χ0v) is 34.0. The van der Waals surface area contributed by atoms with E-state index in [4.69, 9.17) is 0 Å². The summed E-state index contributed by atoms with van der Waals surface area (Å²) in [5, 5.41) is 2.45. The minimum atomic E-state index is -0.175. The van der Waals surface area contributed by atoms with Crippen LogP contribution in [-0.2, 0) is 10.8 Å². The molecule has 0 unspecified atom stereocenters. The Morgan fingerprint density at radius 3 is 1.59 bits per heavy atom. The fourth-order valence-electron chi connectivity index (χ4n) is 10.5. The Balaban J connectivity index is 1.20. The molecule has 1 heteroatoms. The Morgan fingerprint density at radius 1 is 0.322 bits per heavy atom. The van der Waals surface area contributed by atoms with E-state index in [-0.39, 0.29) is 10.8 Å². The molecule has 0 atom stereocenters. The van der Waals surface area contributed by atoms with Crippen LogP contribution < -0.4 is 4.90 Å². The molecule has 0 saturated heterocycles. The van der Waals surface area contributed by atoms with Crippen LogP contribution >= 0.6 is 0 Å². The highest BCUT2D eigenvalue weighted by atomic mass is 15.1. The Bertz CT molecular complexity index is 3110. The number of fused-ring (bicyclic) bond motifs is 7. The van der Waals surface area contributed by atoms with Gasteiger partial charge >= 0.3 is 0 Å². The normalized spacial score (nSPS) is 14.0. The second kappa shape index (κ2) is 13.3. The van der Waals surface area contributed by atoms with Crippen molar-refractivity contribution >= 4 is 27.8 Å². The molecule has 0 spiro atoms. The molecule has 0 aromatic heterocycles. The van der Waals surface area contributed by atoms with Crippen LogP contribution in [0.5, 0.6) is 0 Å². The van der Waals surface area contributed by atoms with E-state index in [0.29, 0.717) is 0 Å². The fourth-order valence-corrected chi connectivity index (χ4v) is 10.5. The van der Waals surface area contributed by atoms with E-state index < -0.39 is 0 Å². The van der Waals surface area contributed by atoms with E-state index in [9.17, 15) is 0 Å². The lowest BCUT2D eigenvalue weighted by molar-refractivity contribution is 0.660. The highest BCUT2D eigenvalue weighted by molar-refractivity contribution is 6.08. The molecular formula is C58H45N. The maximum atomic E-state index is 2.56. The number of hydrogen-bond acceptors (Lipinski definition) is 1. The summed E-state index contributed by atoms with van der Waals surface area (Å²) < 4.78 is 0. The van der Waals surface area contributed by atoms with Crippen molar-refractivity contribution in [2.24, 2.45) is 0 Å². The Kier molecular flexibility index (Phi) is 7.94. The molecule has 0 aliphatic heterocycles. The monoisotopic (exact) mass is 755 g/mol. The number of hydrogen-bond donors (Lipinski definition) is 0. The van der Waals surface area contributed by atoms with Crippen molar-refractivity contribution in [3.05, 3.63) is 222 Å². The van der Waals surface area contributed by atoms with Gasteiger partial charge in [0.25, 0.3) is 0 Å². The van der Waals surface area contributed by atoms with Crippen LogP contribution in [0.1, 0.15) is 49.9 Å². The number of benzene rings is 9. The van der Waals surface area contributed by atoms with Crippen LogP contribution in [0.2, 0.25) is 0 Å². The zero-order valence-electron chi connectivity index (χ0n) is 34.0. The van der Waals surface area contributed by atoms with E-state index in [1.54, 1.807) is 0 Å². The molecule has 0 radical (unpaired) electrons. The summed E-state index contributed by atoms with van der Waals surface area (Å²) in [5.74, 6) is 0. The van der Waals surface area contributed by atoms with Crippen LogP contribution in [0.4, 0.5) is 17.1 Å². The Morgan fingerprint density at radius 2 is 0.847 bits per heavy atom. The minimum absolute atomic E-state index is 0.111. The first-order chi connectivity index (χ1) is 28.8. The van der Waals surface area contributed by atoms with Crippen molar-refractivity contribution in [2.75, 3.05) is 4.90 Å². The Hall–Kier alpha value is -6.96. The molecule has 2 aliphatic carbocycles. The van der Waals surface area contributed by atoms with E-state index in [1.165, 1.54) is 88.7 Å². The van der Waals surface area contributed by atoms with Gasteiger partial charge in [-0.15, -0.1) is 0 Å². The second-order valence-electron chi connectivity index (χ2n) is 17.2. The highest BCUT2D eigenvalue weighted by Crippen LogP contribution is 2.56. The van der Waals surface area contributed by atoms with Crippen LogP contribution in [0, 0.1) is 0 Å². The van der Waals surface area contributed by atoms with Gasteiger partial charge in [-0.1, -0.05) is 204 Å². The predicted octanol–water partition coefficient (Wildman–Crippen LogP) is 15.9. The molecule has 0 fully saturated rings. The molecule has 2 aliphatic rings. The van der Waals surface area contributed by atoms with Gasteiger partial charge in [-0.05, 0) is 96.2 Å². The molecule has 282 valence electrons. The lowest BCUT2D eigenvalue weighted by atomic mass is 9.78. The van der Waals surface area contributed by atoms with Crippen molar-refractivity contribution < 1.29 is 0 Å². The largest absolute Gasteiger partial charge is 0.309 e. The first-order valence-electron chi connectivity index (χ1n) is 20.9. The summed E-state index contributed by atoms with van der Waals surface area (Å²) in [6.45, 7) is 9.52. The van der Waals surface area contributed by atoms with Gasteiger partial charge < -0.3 is 4.90 Å². The van der Waals surface area contributed by atoms with Gasteiger partial charge in [0.2, 0.25) is 0 Å². The van der Waals surface area contributed by atoms with Gasteiger partial charge in [-0.25, -0.2) is 0 Å². The van der Waals surface area contributed by atoms with Gasteiger partial charge in [0, 0.05) is 27.5 Å². The van der Waals surface area contributed by atoms with Crippen LogP contribution in [-0.4, -0.2) is 0 Å². The molecule has 0 N–H and O–H groups in total. The topological polar surface area (TPSA) is 3.24 Å². The van der Waals surface area contributed by atoms with Gasteiger partial charge in [0.1, 0.15) is 0 Å². The third kappa shape index (κ3) is 5.31. The highest BCUT2D eigenvalue weighted by Gasteiger charge is 2.39. The summed E-state index contributed by atoms with van der Waals surface area (Å²) in [7, 11) is 0.